The minimum Gasteiger partial charge on any atom is -0.325 e. The van der Waals surface area contributed by atoms with Gasteiger partial charge in [0.25, 0.3) is 0 Å². The summed E-state index contributed by atoms with van der Waals surface area (Å²) in [7, 11) is 0. The Hall–Kier alpha value is -4.10. The first-order chi connectivity index (χ1) is 15.8. The summed E-state index contributed by atoms with van der Waals surface area (Å²) < 4.78 is 0. The number of hydrogen-bond acceptors (Lipinski definition) is 1. The number of anilines is 1. The maximum Gasteiger partial charge on any atom is 0.0449 e. The first kappa shape index (κ1) is 19.8. The summed E-state index contributed by atoms with van der Waals surface area (Å²) in [6.07, 6.45) is 5.86. The zero-order valence-corrected chi connectivity index (χ0v) is 18.2. The fourth-order valence-corrected chi connectivity index (χ4v) is 4.57. The second-order valence-corrected chi connectivity index (χ2v) is 7.83. The van der Waals surface area contributed by atoms with Crippen LogP contribution in [0.15, 0.2) is 128 Å². The van der Waals surface area contributed by atoms with Crippen LogP contribution in [0.2, 0.25) is 0 Å². The van der Waals surface area contributed by atoms with Crippen molar-refractivity contribution in [1.82, 2.24) is 0 Å². The van der Waals surface area contributed by atoms with Gasteiger partial charge in [0.1, 0.15) is 0 Å². The molecule has 0 aliphatic rings. The molecule has 5 rings (SSSR count). The van der Waals surface area contributed by atoms with E-state index in [1.54, 1.807) is 0 Å². The molecule has 0 N–H and O–H groups in total. The van der Waals surface area contributed by atoms with Gasteiger partial charge in [-0.2, -0.15) is 0 Å². The summed E-state index contributed by atoms with van der Waals surface area (Å²) in [6, 6.07) is 37.0. The molecule has 0 bridgehead atoms. The van der Waals surface area contributed by atoms with E-state index in [0.717, 1.165) is 5.69 Å². The molecule has 0 unspecified atom stereocenters. The zero-order chi connectivity index (χ0) is 21.9. The Labute approximate surface area is 189 Å². The molecule has 0 radical (unpaired) electrons. The van der Waals surface area contributed by atoms with Crippen LogP contribution >= 0.6 is 0 Å². The number of rotatable bonds is 5. The second-order valence-electron chi connectivity index (χ2n) is 7.83. The normalized spacial score (nSPS) is 11.3. The van der Waals surface area contributed by atoms with Gasteiger partial charge >= 0.3 is 0 Å². The minimum absolute atomic E-state index is 1.09. The lowest BCUT2D eigenvalue weighted by Gasteiger charge is -2.19. The number of allylic oxidation sites excluding steroid dienone is 1. The molecule has 32 heavy (non-hydrogen) atoms. The van der Waals surface area contributed by atoms with E-state index in [9.17, 15) is 0 Å². The molecule has 0 atom stereocenters. The summed E-state index contributed by atoms with van der Waals surface area (Å²) >= 11 is 0. The Bertz CT molecular complexity index is 1370. The van der Waals surface area contributed by atoms with Crippen LogP contribution in [-0.2, 0) is 0 Å². The second kappa shape index (κ2) is 8.56. The van der Waals surface area contributed by atoms with Crippen molar-refractivity contribution < 1.29 is 0 Å². The van der Waals surface area contributed by atoms with Crippen molar-refractivity contribution in [3.05, 3.63) is 128 Å². The van der Waals surface area contributed by atoms with E-state index in [1.807, 2.05) is 30.3 Å². The van der Waals surface area contributed by atoms with E-state index >= 15 is 0 Å². The zero-order valence-electron chi connectivity index (χ0n) is 18.2. The van der Waals surface area contributed by atoms with E-state index in [0.29, 0.717) is 0 Å². The lowest BCUT2D eigenvalue weighted by molar-refractivity contribution is 1.28. The molecular weight excluding hydrogens is 386 g/mol. The van der Waals surface area contributed by atoms with Crippen molar-refractivity contribution in [3.63, 3.8) is 0 Å². The molecule has 0 aliphatic carbocycles. The molecule has 5 aromatic rings. The maximum atomic E-state index is 3.93. The lowest BCUT2D eigenvalue weighted by atomic mass is 9.86. The minimum atomic E-state index is 1.09. The summed E-state index contributed by atoms with van der Waals surface area (Å²) in [5, 5.41) is 5.09. The van der Waals surface area contributed by atoms with Crippen LogP contribution in [0.5, 0.6) is 0 Å². The number of benzene rings is 5. The highest BCUT2D eigenvalue weighted by Crippen LogP contribution is 2.43. The topological polar surface area (TPSA) is 3.24 Å². The van der Waals surface area contributed by atoms with Crippen molar-refractivity contribution in [2.75, 3.05) is 4.90 Å². The summed E-state index contributed by atoms with van der Waals surface area (Å²) in [4.78, 5) is 2.03. The molecule has 0 saturated heterocycles. The molecular formula is C31H25N. The quantitative estimate of drug-likeness (QED) is 0.261. The third kappa shape index (κ3) is 3.38. The average molecular weight is 412 g/mol. The summed E-state index contributed by atoms with van der Waals surface area (Å²) in [5.41, 5.74) is 6.12. The van der Waals surface area contributed by atoms with Crippen LogP contribution in [0.25, 0.3) is 43.8 Å². The van der Waals surface area contributed by atoms with Crippen LogP contribution in [0.3, 0.4) is 0 Å². The van der Waals surface area contributed by atoms with Gasteiger partial charge in [0.15, 0.2) is 0 Å². The van der Waals surface area contributed by atoms with Crippen molar-refractivity contribution in [1.29, 1.82) is 0 Å². The van der Waals surface area contributed by atoms with Gasteiger partial charge in [0.2, 0.25) is 0 Å². The van der Waals surface area contributed by atoms with E-state index in [2.05, 4.69) is 110 Å². The first-order valence-electron chi connectivity index (χ1n) is 10.9. The van der Waals surface area contributed by atoms with Gasteiger partial charge in [-0.15, -0.1) is 0 Å². The van der Waals surface area contributed by atoms with E-state index in [1.165, 1.54) is 43.8 Å². The first-order valence-corrected chi connectivity index (χ1v) is 10.9. The van der Waals surface area contributed by atoms with Crippen LogP contribution in [0.1, 0.15) is 6.92 Å². The molecule has 1 nitrogen and oxygen atoms in total. The third-order valence-corrected chi connectivity index (χ3v) is 5.95. The molecule has 0 aliphatic heterocycles. The standard InChI is InChI=1S/C31H25N/c1-3-22-32(4-2)25-20-18-24(19-21-25)31-28-16-10-8-14-26(28)30(23-12-6-5-7-13-23)27-15-9-11-17-29(27)31/h3-22H,2H2,1H3/b22-3-. The predicted octanol–water partition coefficient (Wildman–Crippen LogP) is 8.81. The van der Waals surface area contributed by atoms with E-state index in [-0.39, 0.29) is 0 Å². The van der Waals surface area contributed by atoms with Gasteiger partial charge in [-0.1, -0.05) is 104 Å². The van der Waals surface area contributed by atoms with Crippen molar-refractivity contribution >= 4 is 27.2 Å². The Morgan fingerprint density at radius 2 is 1.00 bits per heavy atom. The van der Waals surface area contributed by atoms with Crippen LogP contribution in [0.4, 0.5) is 5.69 Å². The smallest absolute Gasteiger partial charge is 0.0449 e. The fraction of sp³-hybridized carbons (Fsp3) is 0.0323. The number of hydrogen-bond donors (Lipinski definition) is 0. The van der Waals surface area contributed by atoms with Gasteiger partial charge in [-0.3, -0.25) is 0 Å². The lowest BCUT2D eigenvalue weighted by Crippen LogP contribution is -2.05. The average Bonchev–Trinajstić information content (AvgIpc) is 2.86. The van der Waals surface area contributed by atoms with Gasteiger partial charge in [-0.25, -0.2) is 0 Å². The fourth-order valence-electron chi connectivity index (χ4n) is 4.57. The van der Waals surface area contributed by atoms with Gasteiger partial charge in [0.05, 0.1) is 0 Å². The molecule has 1 heteroatoms. The molecule has 5 aromatic carbocycles. The Morgan fingerprint density at radius 3 is 1.44 bits per heavy atom. The molecule has 0 aromatic heterocycles. The Morgan fingerprint density at radius 1 is 0.562 bits per heavy atom. The van der Waals surface area contributed by atoms with Crippen molar-refractivity contribution in [2.45, 2.75) is 6.92 Å². The Balaban J connectivity index is 1.81. The Kier molecular flexibility index (Phi) is 5.31. The third-order valence-electron chi connectivity index (χ3n) is 5.95. The van der Waals surface area contributed by atoms with Crippen LogP contribution in [-0.4, -0.2) is 0 Å². The highest BCUT2D eigenvalue weighted by Gasteiger charge is 2.16. The van der Waals surface area contributed by atoms with Crippen molar-refractivity contribution in [3.8, 4) is 22.3 Å². The van der Waals surface area contributed by atoms with E-state index in [4.69, 9.17) is 0 Å². The van der Waals surface area contributed by atoms with Gasteiger partial charge < -0.3 is 4.90 Å². The number of fused-ring (bicyclic) bond motifs is 2. The van der Waals surface area contributed by atoms with Crippen LogP contribution in [0, 0.1) is 0 Å². The van der Waals surface area contributed by atoms with Gasteiger partial charge in [-0.05, 0) is 62.9 Å². The molecule has 0 amide bonds. The number of nitrogens with zero attached hydrogens (tertiary/aromatic N) is 1. The van der Waals surface area contributed by atoms with E-state index < -0.39 is 0 Å². The largest absolute Gasteiger partial charge is 0.325 e. The highest BCUT2D eigenvalue weighted by molar-refractivity contribution is 6.21. The molecule has 154 valence electrons. The maximum absolute atomic E-state index is 3.93. The monoisotopic (exact) mass is 411 g/mol. The predicted molar refractivity (Wildman–Crippen MR) is 140 cm³/mol. The van der Waals surface area contributed by atoms with Crippen LogP contribution < -0.4 is 4.90 Å². The highest BCUT2D eigenvalue weighted by atomic mass is 15.1. The van der Waals surface area contributed by atoms with Crippen molar-refractivity contribution in [2.24, 2.45) is 0 Å². The summed E-state index contributed by atoms with van der Waals surface area (Å²) in [5.74, 6) is 0. The van der Waals surface area contributed by atoms with Gasteiger partial charge in [0, 0.05) is 18.1 Å². The summed E-state index contributed by atoms with van der Waals surface area (Å²) in [6.45, 7) is 5.94. The molecule has 0 heterocycles. The molecule has 0 saturated carbocycles. The SMILES string of the molecule is C=CN(/C=C\C)c1ccc(-c2c3ccccc3c(-c3ccccc3)c3ccccc23)cc1. The molecule has 0 fully saturated rings. The molecule has 0 spiro atoms.